The predicted octanol–water partition coefficient (Wildman–Crippen LogP) is 4.23. The number of hydrogen-bond acceptors (Lipinski definition) is 3. The standard InChI is InChI=1S/C23H28O3/c1-12-13(2)23(5)15(10-19(12)25)11-20(26)21-17-7-6-16(14(3)24)22(17,4)9-8-18(21)23/h10,16-18,21H,1-2,6-9,11H2,3-5H3/t16-,17+,18+,21+,22-,23+/m1/s1. The first-order valence-corrected chi connectivity index (χ1v) is 9.79. The minimum atomic E-state index is -0.348. The lowest BCUT2D eigenvalue weighted by atomic mass is 9.45. The fraction of sp³-hybridized carbons (Fsp3) is 0.609. The molecule has 0 amide bonds. The van der Waals surface area contributed by atoms with Crippen LogP contribution in [0.25, 0.3) is 0 Å². The van der Waals surface area contributed by atoms with Crippen molar-refractivity contribution >= 4 is 17.3 Å². The molecule has 0 saturated heterocycles. The Hall–Kier alpha value is -1.77. The lowest BCUT2D eigenvalue weighted by molar-refractivity contribution is -0.141. The van der Waals surface area contributed by atoms with Gasteiger partial charge in [0.15, 0.2) is 5.78 Å². The Kier molecular flexibility index (Phi) is 3.64. The summed E-state index contributed by atoms with van der Waals surface area (Å²) in [6.07, 6.45) is 5.71. The molecule has 0 radical (unpaired) electrons. The number of hydrogen-bond donors (Lipinski definition) is 0. The van der Waals surface area contributed by atoms with Crippen LogP contribution in [-0.2, 0) is 14.4 Å². The van der Waals surface area contributed by atoms with Crippen molar-refractivity contribution in [3.63, 3.8) is 0 Å². The van der Waals surface area contributed by atoms with Crippen LogP contribution in [0.3, 0.4) is 0 Å². The van der Waals surface area contributed by atoms with E-state index >= 15 is 0 Å². The molecule has 0 bridgehead atoms. The van der Waals surface area contributed by atoms with Gasteiger partial charge in [0.25, 0.3) is 0 Å². The maximum atomic E-state index is 13.2. The van der Waals surface area contributed by atoms with Crippen molar-refractivity contribution in [3.8, 4) is 0 Å². The summed E-state index contributed by atoms with van der Waals surface area (Å²) in [5.74, 6) is 0.898. The van der Waals surface area contributed by atoms with Crippen molar-refractivity contribution in [2.45, 2.75) is 52.9 Å². The Bertz CT molecular complexity index is 800. The van der Waals surface area contributed by atoms with E-state index in [4.69, 9.17) is 0 Å². The SMILES string of the molecule is C=C1C(=C)[C@@]2(C)C(=CC1=O)CC(=O)[C@@H]1[C@@H]2CC[C@]2(C)[C@@H](C(C)=O)CC[C@@H]12. The van der Waals surface area contributed by atoms with Crippen LogP contribution in [0.15, 0.2) is 36.0 Å². The highest BCUT2D eigenvalue weighted by atomic mass is 16.1. The molecule has 4 aliphatic carbocycles. The Morgan fingerprint density at radius 3 is 2.46 bits per heavy atom. The van der Waals surface area contributed by atoms with Gasteiger partial charge in [0, 0.05) is 29.2 Å². The zero-order valence-corrected chi connectivity index (χ0v) is 16.1. The molecule has 4 aliphatic rings. The maximum absolute atomic E-state index is 13.2. The number of fused-ring (bicyclic) bond motifs is 5. The second-order valence-electron chi connectivity index (χ2n) is 9.36. The van der Waals surface area contributed by atoms with Crippen LogP contribution in [0.1, 0.15) is 52.9 Å². The monoisotopic (exact) mass is 352 g/mol. The molecule has 138 valence electrons. The lowest BCUT2D eigenvalue weighted by Gasteiger charge is -2.57. The van der Waals surface area contributed by atoms with E-state index in [2.05, 4.69) is 27.0 Å². The number of Topliss-reactive ketones (excluding diaryl/α,β-unsaturated/α-hetero) is 2. The summed E-state index contributed by atoms with van der Waals surface area (Å²) in [7, 11) is 0. The molecular formula is C23H28O3. The summed E-state index contributed by atoms with van der Waals surface area (Å²) in [6, 6.07) is 0. The Morgan fingerprint density at radius 2 is 1.81 bits per heavy atom. The van der Waals surface area contributed by atoms with Gasteiger partial charge in [-0.05, 0) is 67.1 Å². The molecule has 0 aromatic rings. The number of carbonyl (C=O) groups excluding carboxylic acids is 3. The molecular weight excluding hydrogens is 324 g/mol. The van der Waals surface area contributed by atoms with Gasteiger partial charge in [-0.15, -0.1) is 0 Å². The topological polar surface area (TPSA) is 51.2 Å². The molecule has 0 heterocycles. The van der Waals surface area contributed by atoms with Crippen LogP contribution in [0.4, 0.5) is 0 Å². The first kappa shape index (κ1) is 17.6. The average molecular weight is 352 g/mol. The van der Waals surface area contributed by atoms with Crippen molar-refractivity contribution in [2.75, 3.05) is 0 Å². The van der Waals surface area contributed by atoms with E-state index in [0.717, 1.165) is 36.8 Å². The second kappa shape index (κ2) is 5.37. The summed E-state index contributed by atoms with van der Waals surface area (Å²) in [5.41, 5.74) is 1.80. The van der Waals surface area contributed by atoms with Crippen molar-refractivity contribution in [2.24, 2.45) is 34.5 Å². The molecule has 6 atom stereocenters. The van der Waals surface area contributed by atoms with Crippen LogP contribution in [0.2, 0.25) is 0 Å². The third-order valence-electron chi connectivity index (χ3n) is 8.50. The second-order valence-corrected chi connectivity index (χ2v) is 9.36. The highest BCUT2D eigenvalue weighted by Gasteiger charge is 2.63. The third kappa shape index (κ3) is 1.97. The minimum absolute atomic E-state index is 0.0296. The van der Waals surface area contributed by atoms with E-state index in [1.807, 2.05) is 0 Å². The Labute approximate surface area is 155 Å². The molecule has 0 aromatic carbocycles. The predicted molar refractivity (Wildman–Crippen MR) is 100 cm³/mol. The zero-order chi connectivity index (χ0) is 19.0. The Morgan fingerprint density at radius 1 is 1.12 bits per heavy atom. The van der Waals surface area contributed by atoms with Gasteiger partial charge in [-0.2, -0.15) is 0 Å². The largest absolute Gasteiger partial charge is 0.300 e. The Balaban J connectivity index is 1.80. The number of allylic oxidation sites excluding steroid dienone is 3. The van der Waals surface area contributed by atoms with E-state index in [0.29, 0.717) is 12.0 Å². The van der Waals surface area contributed by atoms with Gasteiger partial charge < -0.3 is 0 Å². The van der Waals surface area contributed by atoms with Crippen molar-refractivity contribution in [3.05, 3.63) is 36.0 Å². The average Bonchev–Trinajstić information content (AvgIpc) is 2.93. The molecule has 0 aromatic heterocycles. The van der Waals surface area contributed by atoms with Gasteiger partial charge in [0.1, 0.15) is 11.6 Å². The van der Waals surface area contributed by atoms with Crippen molar-refractivity contribution in [1.82, 2.24) is 0 Å². The van der Waals surface area contributed by atoms with Crippen LogP contribution in [-0.4, -0.2) is 17.3 Å². The van der Waals surface area contributed by atoms with Crippen LogP contribution < -0.4 is 0 Å². The van der Waals surface area contributed by atoms with Gasteiger partial charge >= 0.3 is 0 Å². The molecule has 0 N–H and O–H groups in total. The summed E-state index contributed by atoms with van der Waals surface area (Å²) in [5, 5.41) is 0. The lowest BCUT2D eigenvalue weighted by Crippen LogP contribution is -2.55. The molecule has 3 fully saturated rings. The first-order valence-electron chi connectivity index (χ1n) is 9.79. The smallest absolute Gasteiger partial charge is 0.185 e. The fourth-order valence-electron chi connectivity index (χ4n) is 6.96. The van der Waals surface area contributed by atoms with Gasteiger partial charge in [0.05, 0.1) is 0 Å². The maximum Gasteiger partial charge on any atom is 0.185 e. The number of ketones is 3. The molecule has 4 rings (SSSR count). The molecule has 26 heavy (non-hydrogen) atoms. The number of rotatable bonds is 1. The van der Waals surface area contributed by atoms with E-state index in [1.54, 1.807) is 13.0 Å². The minimum Gasteiger partial charge on any atom is -0.300 e. The van der Waals surface area contributed by atoms with Crippen LogP contribution in [0, 0.1) is 34.5 Å². The summed E-state index contributed by atoms with van der Waals surface area (Å²) >= 11 is 0. The number of carbonyl (C=O) groups is 3. The summed E-state index contributed by atoms with van der Waals surface area (Å²) in [6.45, 7) is 14.3. The highest BCUT2D eigenvalue weighted by molar-refractivity contribution is 6.10. The van der Waals surface area contributed by atoms with Crippen LogP contribution in [0.5, 0.6) is 0 Å². The molecule has 0 aliphatic heterocycles. The first-order chi connectivity index (χ1) is 12.1. The van der Waals surface area contributed by atoms with Crippen molar-refractivity contribution in [1.29, 1.82) is 0 Å². The van der Waals surface area contributed by atoms with Crippen LogP contribution >= 0.6 is 0 Å². The van der Waals surface area contributed by atoms with E-state index < -0.39 is 0 Å². The molecule has 3 heteroatoms. The quantitative estimate of drug-likeness (QED) is 0.664. The molecule has 0 unspecified atom stereocenters. The van der Waals surface area contributed by atoms with Gasteiger partial charge in [-0.25, -0.2) is 0 Å². The fourth-order valence-corrected chi connectivity index (χ4v) is 6.96. The van der Waals surface area contributed by atoms with Gasteiger partial charge in [-0.1, -0.05) is 27.0 Å². The summed E-state index contributed by atoms with van der Waals surface area (Å²) < 4.78 is 0. The molecule has 3 nitrogen and oxygen atoms in total. The molecule has 3 saturated carbocycles. The normalized spacial score (nSPS) is 45.0. The van der Waals surface area contributed by atoms with Crippen molar-refractivity contribution < 1.29 is 14.4 Å². The van der Waals surface area contributed by atoms with E-state index in [-0.39, 0.29) is 51.9 Å². The summed E-state index contributed by atoms with van der Waals surface area (Å²) in [4.78, 5) is 37.6. The van der Waals surface area contributed by atoms with Gasteiger partial charge in [-0.3, -0.25) is 14.4 Å². The molecule has 0 spiro atoms. The van der Waals surface area contributed by atoms with Gasteiger partial charge in [0.2, 0.25) is 0 Å². The highest BCUT2D eigenvalue weighted by Crippen LogP contribution is 2.66. The zero-order valence-electron chi connectivity index (χ0n) is 16.1. The van der Waals surface area contributed by atoms with E-state index in [1.165, 1.54) is 0 Å². The van der Waals surface area contributed by atoms with E-state index in [9.17, 15) is 14.4 Å². The third-order valence-corrected chi connectivity index (χ3v) is 8.50.